The van der Waals surface area contributed by atoms with E-state index in [9.17, 15) is 15.0 Å². The molecule has 0 aliphatic rings. The van der Waals surface area contributed by atoms with Gasteiger partial charge < -0.3 is 15.9 Å². The number of hydrogen-bond donors (Lipinski definition) is 3. The summed E-state index contributed by atoms with van der Waals surface area (Å²) in [6.45, 7) is 3.55. The molecule has 0 saturated carbocycles. The number of nitrogens with two attached hydrogens (primary N) is 1. The molecule has 0 aromatic carbocycles. The summed E-state index contributed by atoms with van der Waals surface area (Å²) in [4.78, 5) is 11.0. The Hall–Kier alpha value is -0.450. The van der Waals surface area contributed by atoms with Crippen molar-refractivity contribution in [3.63, 3.8) is 0 Å². The molecule has 0 aromatic heterocycles. The molecule has 0 spiro atoms. The van der Waals surface area contributed by atoms with E-state index >= 15 is 0 Å². The SMILES string of the molecule is CCCCCCCCCCCCCCC[C@@H](O)[C@H](N)C(O)C(C)=O. The monoisotopic (exact) mass is 343 g/mol. The molecule has 4 heteroatoms. The predicted octanol–water partition coefficient (Wildman–Crippen LogP) is 4.11. The minimum absolute atomic E-state index is 0.382. The van der Waals surface area contributed by atoms with Crippen LogP contribution in [0.25, 0.3) is 0 Å². The van der Waals surface area contributed by atoms with Crippen LogP contribution in [0.15, 0.2) is 0 Å². The van der Waals surface area contributed by atoms with Crippen LogP contribution in [0.5, 0.6) is 0 Å². The number of Topliss-reactive ketones (excluding diaryl/α,β-unsaturated/α-hetero) is 1. The third-order valence-corrected chi connectivity index (χ3v) is 4.83. The maximum absolute atomic E-state index is 11.0. The van der Waals surface area contributed by atoms with Crippen molar-refractivity contribution in [2.24, 2.45) is 5.73 Å². The van der Waals surface area contributed by atoms with E-state index in [0.29, 0.717) is 6.42 Å². The van der Waals surface area contributed by atoms with Crippen LogP contribution >= 0.6 is 0 Å². The Morgan fingerprint density at radius 3 is 1.54 bits per heavy atom. The van der Waals surface area contributed by atoms with E-state index in [1.807, 2.05) is 0 Å². The zero-order valence-electron chi connectivity index (χ0n) is 16.0. The largest absolute Gasteiger partial charge is 0.391 e. The lowest BCUT2D eigenvalue weighted by molar-refractivity contribution is -0.127. The van der Waals surface area contributed by atoms with Crippen molar-refractivity contribution >= 4 is 5.78 Å². The summed E-state index contributed by atoms with van der Waals surface area (Å²) < 4.78 is 0. The average molecular weight is 344 g/mol. The van der Waals surface area contributed by atoms with Gasteiger partial charge in [-0.15, -0.1) is 0 Å². The molecule has 0 amide bonds. The van der Waals surface area contributed by atoms with Gasteiger partial charge in [-0.25, -0.2) is 0 Å². The number of hydrogen-bond acceptors (Lipinski definition) is 4. The van der Waals surface area contributed by atoms with E-state index in [2.05, 4.69) is 6.92 Å². The summed E-state index contributed by atoms with van der Waals surface area (Å²) in [7, 11) is 0. The van der Waals surface area contributed by atoms with Crippen LogP contribution in [0.1, 0.15) is 104 Å². The fourth-order valence-corrected chi connectivity index (χ4v) is 3.05. The fraction of sp³-hybridized carbons (Fsp3) is 0.950. The summed E-state index contributed by atoms with van der Waals surface area (Å²) in [6, 6.07) is -0.861. The van der Waals surface area contributed by atoms with Crippen LogP contribution in [0.4, 0.5) is 0 Å². The standard InChI is InChI=1S/C20H41NO3/c1-3-4-5-6-7-8-9-10-11-12-13-14-15-16-18(23)19(21)20(24)17(2)22/h18-20,23-24H,3-16,21H2,1-2H3/t18-,19+,20?/m1/s1. The molecule has 0 aromatic rings. The Kier molecular flexibility index (Phi) is 15.7. The first-order valence-electron chi connectivity index (χ1n) is 10.1. The number of rotatable bonds is 17. The normalized spacial score (nSPS) is 15.2. The minimum Gasteiger partial charge on any atom is -0.391 e. The van der Waals surface area contributed by atoms with E-state index < -0.39 is 18.2 Å². The quantitative estimate of drug-likeness (QED) is 0.347. The highest BCUT2D eigenvalue weighted by Gasteiger charge is 2.25. The number of aliphatic hydroxyl groups is 2. The summed E-state index contributed by atoms with van der Waals surface area (Å²) >= 11 is 0. The van der Waals surface area contributed by atoms with Crippen LogP contribution in [-0.2, 0) is 4.79 Å². The lowest BCUT2D eigenvalue weighted by Crippen LogP contribution is -2.47. The second kappa shape index (κ2) is 16.0. The highest BCUT2D eigenvalue weighted by Crippen LogP contribution is 2.14. The maximum Gasteiger partial charge on any atom is 0.159 e. The van der Waals surface area contributed by atoms with Gasteiger partial charge in [-0.05, 0) is 13.3 Å². The summed E-state index contributed by atoms with van der Waals surface area (Å²) in [5.41, 5.74) is 5.69. The van der Waals surface area contributed by atoms with Crippen molar-refractivity contribution in [1.82, 2.24) is 0 Å². The number of carbonyl (C=O) groups is 1. The molecular formula is C20H41NO3. The van der Waals surface area contributed by atoms with Gasteiger partial charge in [-0.1, -0.05) is 90.4 Å². The smallest absolute Gasteiger partial charge is 0.159 e. The molecule has 0 rings (SSSR count). The van der Waals surface area contributed by atoms with Gasteiger partial charge in [0.05, 0.1) is 12.1 Å². The molecule has 4 nitrogen and oxygen atoms in total. The molecule has 3 atom stereocenters. The first kappa shape index (κ1) is 23.5. The number of ketones is 1. The highest BCUT2D eigenvalue weighted by atomic mass is 16.3. The molecule has 0 fully saturated rings. The molecule has 4 N–H and O–H groups in total. The number of carbonyl (C=O) groups excluding carboxylic acids is 1. The lowest BCUT2D eigenvalue weighted by Gasteiger charge is -2.22. The van der Waals surface area contributed by atoms with Crippen molar-refractivity contribution in [1.29, 1.82) is 0 Å². The first-order chi connectivity index (χ1) is 11.5. The van der Waals surface area contributed by atoms with Gasteiger partial charge in [0, 0.05) is 0 Å². The third-order valence-electron chi connectivity index (χ3n) is 4.83. The van der Waals surface area contributed by atoms with E-state index in [4.69, 9.17) is 5.73 Å². The Morgan fingerprint density at radius 1 is 0.792 bits per heavy atom. The Morgan fingerprint density at radius 2 is 1.17 bits per heavy atom. The maximum atomic E-state index is 11.0. The minimum atomic E-state index is -1.25. The molecule has 1 unspecified atom stereocenters. The van der Waals surface area contributed by atoms with E-state index in [0.717, 1.165) is 12.8 Å². The Bertz CT molecular complexity index is 297. The summed E-state index contributed by atoms with van der Waals surface area (Å²) in [6.07, 6.45) is 15.2. The molecule has 0 radical (unpaired) electrons. The van der Waals surface area contributed by atoms with Gasteiger partial charge in [0.25, 0.3) is 0 Å². The lowest BCUT2D eigenvalue weighted by atomic mass is 9.97. The topological polar surface area (TPSA) is 83.6 Å². The Balaban J connectivity index is 3.34. The van der Waals surface area contributed by atoms with Crippen LogP contribution < -0.4 is 5.73 Å². The van der Waals surface area contributed by atoms with Gasteiger partial charge in [0.2, 0.25) is 0 Å². The molecule has 0 heterocycles. The molecule has 24 heavy (non-hydrogen) atoms. The number of unbranched alkanes of at least 4 members (excludes halogenated alkanes) is 12. The van der Waals surface area contributed by atoms with Gasteiger partial charge in [0.1, 0.15) is 6.10 Å². The third kappa shape index (κ3) is 12.9. The van der Waals surface area contributed by atoms with Crippen LogP contribution in [0, 0.1) is 0 Å². The van der Waals surface area contributed by atoms with Gasteiger partial charge in [-0.2, -0.15) is 0 Å². The molecule has 0 aliphatic carbocycles. The van der Waals surface area contributed by atoms with Gasteiger partial charge in [-0.3, -0.25) is 4.79 Å². The van der Waals surface area contributed by atoms with Crippen molar-refractivity contribution in [2.75, 3.05) is 0 Å². The zero-order chi connectivity index (χ0) is 18.2. The van der Waals surface area contributed by atoms with Crippen molar-refractivity contribution < 1.29 is 15.0 Å². The predicted molar refractivity (Wildman–Crippen MR) is 101 cm³/mol. The van der Waals surface area contributed by atoms with Crippen LogP contribution in [-0.4, -0.2) is 34.2 Å². The van der Waals surface area contributed by atoms with E-state index in [1.165, 1.54) is 77.6 Å². The highest BCUT2D eigenvalue weighted by molar-refractivity contribution is 5.81. The number of aliphatic hydroxyl groups excluding tert-OH is 2. The fourth-order valence-electron chi connectivity index (χ4n) is 3.05. The van der Waals surface area contributed by atoms with Crippen LogP contribution in [0.2, 0.25) is 0 Å². The van der Waals surface area contributed by atoms with Crippen molar-refractivity contribution in [3.05, 3.63) is 0 Å². The zero-order valence-corrected chi connectivity index (χ0v) is 16.0. The Labute approximate surface area is 149 Å². The second-order valence-electron chi connectivity index (χ2n) is 7.23. The molecule has 144 valence electrons. The van der Waals surface area contributed by atoms with Crippen LogP contribution in [0.3, 0.4) is 0 Å². The molecule has 0 saturated heterocycles. The molecular weight excluding hydrogens is 302 g/mol. The van der Waals surface area contributed by atoms with E-state index in [-0.39, 0.29) is 5.78 Å². The van der Waals surface area contributed by atoms with Gasteiger partial charge in [0.15, 0.2) is 5.78 Å². The average Bonchev–Trinajstić information content (AvgIpc) is 2.57. The van der Waals surface area contributed by atoms with E-state index in [1.54, 1.807) is 0 Å². The van der Waals surface area contributed by atoms with Gasteiger partial charge >= 0.3 is 0 Å². The summed E-state index contributed by atoms with van der Waals surface area (Å²) in [5, 5.41) is 19.4. The molecule has 0 aliphatic heterocycles. The van der Waals surface area contributed by atoms with Crippen molar-refractivity contribution in [2.45, 2.75) is 122 Å². The first-order valence-corrected chi connectivity index (χ1v) is 10.1. The summed E-state index contributed by atoms with van der Waals surface area (Å²) in [5.74, 6) is -0.382. The second-order valence-corrected chi connectivity index (χ2v) is 7.23. The molecule has 0 bridgehead atoms. The van der Waals surface area contributed by atoms with Crippen molar-refractivity contribution in [3.8, 4) is 0 Å².